The number of carbonyl (C=O) groups is 1. The van der Waals surface area contributed by atoms with E-state index in [2.05, 4.69) is 15.6 Å². The molecular formula is C13H22N4OS. The Hall–Kier alpha value is -1.30. The first-order valence-corrected chi connectivity index (χ1v) is 7.71. The molecule has 19 heavy (non-hydrogen) atoms. The first kappa shape index (κ1) is 14.1. The van der Waals surface area contributed by atoms with E-state index in [1.54, 1.807) is 0 Å². The molecule has 1 amide bonds. The number of hydrogen-bond donors (Lipinski definition) is 3. The molecular weight excluding hydrogens is 260 g/mol. The van der Waals surface area contributed by atoms with Crippen LogP contribution in [-0.4, -0.2) is 23.0 Å². The standard InChI is InChI=1S/C13H22N4OS/c1-8(2)15-13-17-11(14)10(19-13)12(18)16-9-6-4-3-5-7-9/h8-9H,3-7,14H2,1-2H3,(H,15,17)(H,16,18). The lowest BCUT2D eigenvalue weighted by Gasteiger charge is -2.22. The Labute approximate surface area is 118 Å². The molecule has 0 saturated heterocycles. The summed E-state index contributed by atoms with van der Waals surface area (Å²) in [5.41, 5.74) is 5.82. The van der Waals surface area contributed by atoms with E-state index in [9.17, 15) is 4.79 Å². The summed E-state index contributed by atoms with van der Waals surface area (Å²) in [5.74, 6) is 0.236. The SMILES string of the molecule is CC(C)Nc1nc(N)c(C(=O)NC2CCCCC2)s1. The van der Waals surface area contributed by atoms with Gasteiger partial charge in [0.25, 0.3) is 5.91 Å². The molecule has 4 N–H and O–H groups in total. The Kier molecular flexibility index (Phi) is 4.63. The highest BCUT2D eigenvalue weighted by molar-refractivity contribution is 7.18. The van der Waals surface area contributed by atoms with Gasteiger partial charge < -0.3 is 16.4 Å². The third-order valence-corrected chi connectivity index (χ3v) is 4.21. The van der Waals surface area contributed by atoms with Crippen LogP contribution in [0.15, 0.2) is 0 Å². The van der Waals surface area contributed by atoms with Crippen molar-refractivity contribution in [3.05, 3.63) is 4.88 Å². The Morgan fingerprint density at radius 3 is 2.68 bits per heavy atom. The molecule has 1 aliphatic rings. The lowest BCUT2D eigenvalue weighted by atomic mass is 9.95. The van der Waals surface area contributed by atoms with Gasteiger partial charge in [-0.05, 0) is 26.7 Å². The Balaban J connectivity index is 1.99. The van der Waals surface area contributed by atoms with Crippen molar-refractivity contribution in [3.8, 4) is 0 Å². The van der Waals surface area contributed by atoms with Crippen molar-refractivity contribution in [3.63, 3.8) is 0 Å². The van der Waals surface area contributed by atoms with Crippen LogP contribution >= 0.6 is 11.3 Å². The van der Waals surface area contributed by atoms with Gasteiger partial charge >= 0.3 is 0 Å². The van der Waals surface area contributed by atoms with Crippen molar-refractivity contribution in [1.82, 2.24) is 10.3 Å². The maximum Gasteiger partial charge on any atom is 0.265 e. The lowest BCUT2D eigenvalue weighted by molar-refractivity contribution is 0.0932. The maximum absolute atomic E-state index is 12.2. The molecule has 0 unspecified atom stereocenters. The molecule has 5 nitrogen and oxygen atoms in total. The minimum Gasteiger partial charge on any atom is -0.382 e. The van der Waals surface area contributed by atoms with Gasteiger partial charge in [-0.1, -0.05) is 30.6 Å². The summed E-state index contributed by atoms with van der Waals surface area (Å²) in [7, 11) is 0. The number of thiazole rings is 1. The van der Waals surface area contributed by atoms with Gasteiger partial charge in [-0.3, -0.25) is 4.79 Å². The summed E-state index contributed by atoms with van der Waals surface area (Å²) in [6.45, 7) is 4.05. The van der Waals surface area contributed by atoms with Crippen LogP contribution in [0.2, 0.25) is 0 Å². The summed E-state index contributed by atoms with van der Waals surface area (Å²) < 4.78 is 0. The zero-order valence-corrected chi connectivity index (χ0v) is 12.3. The summed E-state index contributed by atoms with van der Waals surface area (Å²) in [5, 5.41) is 6.95. The first-order chi connectivity index (χ1) is 9.06. The minimum absolute atomic E-state index is 0.0845. The van der Waals surface area contributed by atoms with E-state index in [-0.39, 0.29) is 11.9 Å². The number of rotatable bonds is 4. The molecule has 0 aliphatic heterocycles. The monoisotopic (exact) mass is 282 g/mol. The predicted octanol–water partition coefficient (Wildman–Crippen LogP) is 2.61. The first-order valence-electron chi connectivity index (χ1n) is 6.90. The molecule has 0 radical (unpaired) electrons. The topological polar surface area (TPSA) is 80.0 Å². The number of nitrogens with one attached hydrogen (secondary N) is 2. The van der Waals surface area contributed by atoms with Crippen LogP contribution in [0.4, 0.5) is 10.9 Å². The van der Waals surface area contributed by atoms with Gasteiger partial charge in [0, 0.05) is 12.1 Å². The number of hydrogen-bond acceptors (Lipinski definition) is 5. The van der Waals surface area contributed by atoms with Gasteiger partial charge in [-0.2, -0.15) is 0 Å². The van der Waals surface area contributed by atoms with Crippen LogP contribution in [0, 0.1) is 0 Å². The van der Waals surface area contributed by atoms with E-state index in [4.69, 9.17) is 5.73 Å². The molecule has 0 aromatic carbocycles. The van der Waals surface area contributed by atoms with Crippen molar-refractivity contribution in [2.75, 3.05) is 11.1 Å². The third-order valence-electron chi connectivity index (χ3n) is 3.21. The number of anilines is 2. The Morgan fingerprint density at radius 2 is 2.05 bits per heavy atom. The summed E-state index contributed by atoms with van der Waals surface area (Å²) in [4.78, 5) is 16.9. The molecule has 6 heteroatoms. The van der Waals surface area contributed by atoms with E-state index in [1.807, 2.05) is 13.8 Å². The molecule has 2 rings (SSSR count). The molecule has 0 spiro atoms. The minimum atomic E-state index is -0.0845. The number of nitrogens with two attached hydrogens (primary N) is 1. The van der Waals surface area contributed by atoms with Gasteiger partial charge in [0.2, 0.25) is 0 Å². The number of amides is 1. The molecule has 1 aromatic rings. The summed E-state index contributed by atoms with van der Waals surface area (Å²) >= 11 is 1.33. The van der Waals surface area contributed by atoms with E-state index >= 15 is 0 Å². The van der Waals surface area contributed by atoms with Crippen molar-refractivity contribution in [2.24, 2.45) is 0 Å². The van der Waals surface area contributed by atoms with E-state index in [1.165, 1.54) is 30.6 Å². The molecule has 1 heterocycles. The average Bonchev–Trinajstić information content (AvgIpc) is 2.70. The van der Waals surface area contributed by atoms with Crippen molar-refractivity contribution in [1.29, 1.82) is 0 Å². The third kappa shape index (κ3) is 3.83. The molecule has 0 atom stereocenters. The zero-order valence-electron chi connectivity index (χ0n) is 11.5. The normalized spacial score (nSPS) is 16.6. The summed E-state index contributed by atoms with van der Waals surface area (Å²) in [6.07, 6.45) is 5.81. The van der Waals surface area contributed by atoms with Crippen LogP contribution in [0.3, 0.4) is 0 Å². The number of nitrogen functional groups attached to an aromatic ring is 1. The van der Waals surface area contributed by atoms with Crippen molar-refractivity contribution in [2.45, 2.75) is 58.0 Å². The fraction of sp³-hybridized carbons (Fsp3) is 0.692. The maximum atomic E-state index is 12.2. The highest BCUT2D eigenvalue weighted by Crippen LogP contribution is 2.26. The fourth-order valence-corrected chi connectivity index (χ4v) is 3.23. The average molecular weight is 282 g/mol. The van der Waals surface area contributed by atoms with E-state index < -0.39 is 0 Å². The quantitative estimate of drug-likeness (QED) is 0.793. The highest BCUT2D eigenvalue weighted by atomic mass is 32.1. The lowest BCUT2D eigenvalue weighted by Crippen LogP contribution is -2.36. The number of nitrogens with zero attached hydrogens (tertiary/aromatic N) is 1. The summed E-state index contributed by atoms with van der Waals surface area (Å²) in [6, 6.07) is 0.573. The fourth-order valence-electron chi connectivity index (χ4n) is 2.30. The van der Waals surface area contributed by atoms with Gasteiger partial charge in [-0.25, -0.2) is 4.98 Å². The van der Waals surface area contributed by atoms with Crippen LogP contribution in [0.5, 0.6) is 0 Å². The molecule has 106 valence electrons. The number of aromatic nitrogens is 1. The number of carbonyl (C=O) groups excluding carboxylic acids is 1. The second kappa shape index (κ2) is 6.23. The second-order valence-electron chi connectivity index (χ2n) is 5.34. The molecule has 1 saturated carbocycles. The van der Waals surface area contributed by atoms with E-state index in [0.717, 1.165) is 12.8 Å². The molecule has 0 bridgehead atoms. The second-order valence-corrected chi connectivity index (χ2v) is 6.34. The Morgan fingerprint density at radius 1 is 1.37 bits per heavy atom. The highest BCUT2D eigenvalue weighted by Gasteiger charge is 2.21. The molecule has 1 aliphatic carbocycles. The van der Waals surface area contributed by atoms with Crippen LogP contribution < -0.4 is 16.4 Å². The smallest absolute Gasteiger partial charge is 0.265 e. The van der Waals surface area contributed by atoms with E-state index in [0.29, 0.717) is 21.9 Å². The van der Waals surface area contributed by atoms with Crippen molar-refractivity contribution < 1.29 is 4.79 Å². The van der Waals surface area contributed by atoms with Crippen LogP contribution in [-0.2, 0) is 0 Å². The van der Waals surface area contributed by atoms with Crippen LogP contribution in [0.1, 0.15) is 55.6 Å². The predicted molar refractivity (Wildman–Crippen MR) is 79.6 cm³/mol. The zero-order chi connectivity index (χ0) is 13.8. The van der Waals surface area contributed by atoms with Crippen molar-refractivity contribution >= 4 is 28.2 Å². The Bertz CT molecular complexity index is 438. The molecule has 1 fully saturated rings. The van der Waals surface area contributed by atoms with Gasteiger partial charge in [0.05, 0.1) is 0 Å². The van der Waals surface area contributed by atoms with Gasteiger partial charge in [-0.15, -0.1) is 0 Å². The van der Waals surface area contributed by atoms with Gasteiger partial charge in [0.1, 0.15) is 10.7 Å². The largest absolute Gasteiger partial charge is 0.382 e. The van der Waals surface area contributed by atoms with Gasteiger partial charge in [0.15, 0.2) is 5.13 Å². The van der Waals surface area contributed by atoms with Crippen LogP contribution in [0.25, 0.3) is 0 Å². The molecule has 1 aromatic heterocycles.